The number of aryl methyl sites for hydroxylation is 2. The molecule has 1 amide bonds. The maximum absolute atomic E-state index is 14.3. The van der Waals surface area contributed by atoms with Crippen molar-refractivity contribution in [2.45, 2.75) is 50.0 Å². The molecule has 3 rings (SSSR count). The minimum Gasteiger partial charge on any atom is -0.386 e. The topological polar surface area (TPSA) is 115 Å². The van der Waals surface area contributed by atoms with E-state index in [2.05, 4.69) is 15.3 Å². The number of hydrogen-bond donors (Lipinski definition) is 2. The van der Waals surface area contributed by atoms with Gasteiger partial charge in [0.2, 0.25) is 6.41 Å². The molecule has 0 bridgehead atoms. The van der Waals surface area contributed by atoms with Crippen molar-refractivity contribution in [1.82, 2.24) is 4.98 Å². The minimum atomic E-state index is -3.86. The summed E-state index contributed by atoms with van der Waals surface area (Å²) in [5.41, 5.74) is 8.36. The number of pyridine rings is 1. The van der Waals surface area contributed by atoms with E-state index in [0.29, 0.717) is 17.1 Å². The smallest absolute Gasteiger partial charge is 0.211 e. The summed E-state index contributed by atoms with van der Waals surface area (Å²) in [6, 6.07) is 5.78. The van der Waals surface area contributed by atoms with E-state index >= 15 is 0 Å². The van der Waals surface area contributed by atoms with Gasteiger partial charge in [0.05, 0.1) is 9.77 Å². The normalized spacial score (nSPS) is 24.4. The largest absolute Gasteiger partial charge is 0.386 e. The van der Waals surface area contributed by atoms with Crippen molar-refractivity contribution in [2.24, 2.45) is 10.7 Å². The Morgan fingerprint density at radius 3 is 2.47 bits per heavy atom. The summed E-state index contributed by atoms with van der Waals surface area (Å²) in [6.45, 7) is 6.96. The zero-order valence-corrected chi connectivity index (χ0v) is 20.3. The van der Waals surface area contributed by atoms with E-state index in [1.807, 2.05) is 19.9 Å². The van der Waals surface area contributed by atoms with E-state index in [1.54, 1.807) is 6.20 Å². The number of carbonyl (C=O) groups excluding carboxylic acids is 1. The standard InChI is InChI=1S/C15H20FN3O3S.C7H8ClN/c1-14(11-8-10(19-9-20)4-5-12(11)16)6-7-15(2,13(17)18-3)23(14,21)22;1-5-3-7(8)4-9-6(5)2/h4-5,8-9H,6-7H2,1-3H3,(H2,17,18)(H,19,20);3-4H,1-2H3/t14-,15+;/m1./s1. The highest BCUT2D eigenvalue weighted by atomic mass is 35.5. The number of nitrogens with two attached hydrogens (primary N) is 1. The van der Waals surface area contributed by atoms with E-state index in [0.717, 1.165) is 17.3 Å². The Morgan fingerprint density at radius 1 is 1.28 bits per heavy atom. The van der Waals surface area contributed by atoms with Gasteiger partial charge in [-0.15, -0.1) is 0 Å². The number of anilines is 1. The lowest BCUT2D eigenvalue weighted by atomic mass is 9.91. The number of hydrogen-bond acceptors (Lipinski definition) is 5. The number of rotatable bonds is 4. The zero-order chi connectivity index (χ0) is 24.3. The summed E-state index contributed by atoms with van der Waals surface area (Å²) >= 11 is 5.65. The Morgan fingerprint density at radius 2 is 1.94 bits per heavy atom. The Balaban J connectivity index is 0.000000336. The van der Waals surface area contributed by atoms with Crippen molar-refractivity contribution in [3.63, 3.8) is 0 Å². The van der Waals surface area contributed by atoms with Gasteiger partial charge in [-0.1, -0.05) is 11.6 Å². The second-order valence-corrected chi connectivity index (χ2v) is 11.3. The quantitative estimate of drug-likeness (QED) is 0.389. The molecule has 2 atom stereocenters. The molecule has 1 aliphatic heterocycles. The van der Waals surface area contributed by atoms with E-state index < -0.39 is 25.1 Å². The Labute approximate surface area is 193 Å². The van der Waals surface area contributed by atoms with Crippen LogP contribution in [-0.2, 0) is 19.4 Å². The molecular formula is C22H28ClFN4O3S. The van der Waals surface area contributed by atoms with Crippen molar-refractivity contribution in [1.29, 1.82) is 0 Å². The number of nitrogens with one attached hydrogen (secondary N) is 1. The molecule has 2 heterocycles. The maximum Gasteiger partial charge on any atom is 0.211 e. The third-order valence-corrected chi connectivity index (χ3v) is 9.53. The Hall–Kier alpha value is -2.52. The average Bonchev–Trinajstić information content (AvgIpc) is 2.94. The number of halogens is 2. The highest BCUT2D eigenvalue weighted by Gasteiger charge is 2.60. The van der Waals surface area contributed by atoms with Crippen LogP contribution in [0.1, 0.15) is 43.5 Å². The Bertz CT molecular complexity index is 1160. The summed E-state index contributed by atoms with van der Waals surface area (Å²) in [5, 5.41) is 3.11. The van der Waals surface area contributed by atoms with Crippen molar-refractivity contribution >= 4 is 39.4 Å². The number of aliphatic imine (C=N–C) groups is 1. The molecule has 1 aliphatic rings. The van der Waals surface area contributed by atoms with E-state index in [9.17, 15) is 17.6 Å². The first-order valence-electron chi connectivity index (χ1n) is 9.90. The third-order valence-electron chi connectivity index (χ3n) is 6.12. The van der Waals surface area contributed by atoms with Crippen LogP contribution in [0.5, 0.6) is 0 Å². The molecule has 0 unspecified atom stereocenters. The molecule has 7 nitrogen and oxygen atoms in total. The molecule has 0 radical (unpaired) electrons. The molecule has 10 heteroatoms. The first kappa shape index (κ1) is 25.7. The lowest BCUT2D eigenvalue weighted by Gasteiger charge is -2.30. The minimum absolute atomic E-state index is 0.0174. The molecule has 1 aromatic carbocycles. The van der Waals surface area contributed by atoms with E-state index in [1.165, 1.54) is 33.0 Å². The van der Waals surface area contributed by atoms with Gasteiger partial charge < -0.3 is 11.1 Å². The first-order chi connectivity index (χ1) is 14.8. The summed E-state index contributed by atoms with van der Waals surface area (Å²) in [4.78, 5) is 18.5. The van der Waals surface area contributed by atoms with Crippen LogP contribution in [0.4, 0.5) is 10.1 Å². The molecular weight excluding hydrogens is 455 g/mol. The predicted molar refractivity (Wildman–Crippen MR) is 126 cm³/mol. The van der Waals surface area contributed by atoms with Crippen LogP contribution in [-0.4, -0.2) is 37.4 Å². The lowest BCUT2D eigenvalue weighted by Crippen LogP contribution is -2.48. The van der Waals surface area contributed by atoms with Gasteiger partial charge in [-0.2, -0.15) is 0 Å². The molecule has 0 spiro atoms. The van der Waals surface area contributed by atoms with Crippen molar-refractivity contribution < 1.29 is 17.6 Å². The van der Waals surface area contributed by atoms with Gasteiger partial charge in [0.15, 0.2) is 9.84 Å². The van der Waals surface area contributed by atoms with Gasteiger partial charge in [-0.3, -0.25) is 14.8 Å². The summed E-state index contributed by atoms with van der Waals surface area (Å²) in [6.07, 6.45) is 2.57. The number of amidine groups is 1. The molecule has 1 saturated heterocycles. The SMILES string of the molecule is CN=C(N)[C@]1(C)CC[C@](C)(c2cc(NC=O)ccc2F)S1(=O)=O.Cc1cc(Cl)cnc1C. The molecule has 1 fully saturated rings. The average molecular weight is 483 g/mol. The number of sulfone groups is 1. The van der Waals surface area contributed by atoms with Crippen molar-refractivity contribution in [3.8, 4) is 0 Å². The summed E-state index contributed by atoms with van der Waals surface area (Å²) in [5.74, 6) is -0.618. The molecule has 0 aliphatic carbocycles. The van der Waals surface area contributed by atoms with Crippen molar-refractivity contribution in [2.75, 3.05) is 12.4 Å². The van der Waals surface area contributed by atoms with Gasteiger partial charge >= 0.3 is 0 Å². The van der Waals surface area contributed by atoms with Crippen LogP contribution in [0.25, 0.3) is 0 Å². The van der Waals surface area contributed by atoms with Gasteiger partial charge in [0.1, 0.15) is 16.4 Å². The van der Waals surface area contributed by atoms with Crippen molar-refractivity contribution in [3.05, 3.63) is 58.1 Å². The summed E-state index contributed by atoms with van der Waals surface area (Å²) < 4.78 is 37.8. The fraction of sp³-hybridized carbons (Fsp3) is 0.409. The van der Waals surface area contributed by atoms with Gasteiger partial charge in [-0.25, -0.2) is 12.8 Å². The fourth-order valence-corrected chi connectivity index (χ4v) is 6.48. The molecule has 0 saturated carbocycles. The van der Waals surface area contributed by atoms with E-state index in [4.69, 9.17) is 17.3 Å². The van der Waals surface area contributed by atoms with E-state index in [-0.39, 0.29) is 24.2 Å². The summed E-state index contributed by atoms with van der Waals surface area (Å²) in [7, 11) is -2.43. The second-order valence-electron chi connectivity index (χ2n) is 8.09. The van der Waals surface area contributed by atoms with Gasteiger partial charge in [0.25, 0.3) is 0 Å². The van der Waals surface area contributed by atoms with Crippen LogP contribution in [0.3, 0.4) is 0 Å². The number of amides is 1. The van der Waals surface area contributed by atoms with Crippen LogP contribution in [0.15, 0.2) is 35.5 Å². The van der Waals surface area contributed by atoms with Crippen LogP contribution < -0.4 is 11.1 Å². The highest BCUT2D eigenvalue weighted by Crippen LogP contribution is 2.51. The van der Waals surface area contributed by atoms with Gasteiger partial charge in [-0.05, 0) is 70.4 Å². The van der Waals surface area contributed by atoms with Crippen LogP contribution in [0.2, 0.25) is 5.02 Å². The molecule has 1 aromatic heterocycles. The predicted octanol–water partition coefficient (Wildman–Crippen LogP) is 3.92. The fourth-order valence-electron chi connectivity index (χ4n) is 3.72. The highest BCUT2D eigenvalue weighted by molar-refractivity contribution is 7.94. The number of benzene rings is 1. The molecule has 3 N–H and O–H groups in total. The molecule has 174 valence electrons. The number of carbonyl (C=O) groups is 1. The van der Waals surface area contributed by atoms with Crippen LogP contribution in [0, 0.1) is 19.7 Å². The maximum atomic E-state index is 14.3. The third kappa shape index (κ3) is 4.49. The lowest BCUT2D eigenvalue weighted by molar-refractivity contribution is -0.105. The monoisotopic (exact) mass is 482 g/mol. The zero-order valence-electron chi connectivity index (χ0n) is 18.7. The van der Waals surface area contributed by atoms with Crippen LogP contribution >= 0.6 is 11.6 Å². The first-order valence-corrected chi connectivity index (χ1v) is 11.8. The Kier molecular flexibility index (Phi) is 7.67. The molecule has 32 heavy (non-hydrogen) atoms. The number of aromatic nitrogens is 1. The van der Waals surface area contributed by atoms with Gasteiger partial charge in [0, 0.05) is 30.2 Å². The second kappa shape index (κ2) is 9.54. The molecule has 2 aromatic rings. The number of nitrogens with zero attached hydrogens (tertiary/aromatic N) is 2.